The lowest BCUT2D eigenvalue weighted by Gasteiger charge is -2.47. The number of aromatic nitrogens is 2. The van der Waals surface area contributed by atoms with E-state index in [1.165, 1.54) is 19.3 Å². The molecule has 4 rings (SSSR count). The molecule has 3 aliphatic rings. The second kappa shape index (κ2) is 7.02. The largest absolute Gasteiger partial charge is 0.392 e. The maximum atomic E-state index is 12.6. The molecule has 2 atom stereocenters. The molecular formula is C19H29N5O2. The molecule has 1 amide bonds. The lowest BCUT2D eigenvalue weighted by Crippen LogP contribution is -2.61. The summed E-state index contributed by atoms with van der Waals surface area (Å²) in [6.45, 7) is 5.96. The third-order valence-electron chi connectivity index (χ3n) is 6.11. The molecule has 7 nitrogen and oxygen atoms in total. The van der Waals surface area contributed by atoms with Crippen LogP contribution in [0, 0.1) is 12.3 Å². The standard InChI is InChI=1S/C19H29N5O2/c1-14-12-16(22-18(21-14)23-9-3-2-4-10-23)24-11-6-15(25)19(13-24)7-5-8-20-17(19)26/h12,15,25H,2-11,13H2,1H3,(H,20,26)/t15-,19+/m0/s1. The van der Waals surface area contributed by atoms with Crippen molar-refractivity contribution >= 4 is 17.7 Å². The Morgan fingerprint density at radius 3 is 2.73 bits per heavy atom. The molecule has 4 heterocycles. The number of nitrogens with one attached hydrogen (secondary N) is 1. The summed E-state index contributed by atoms with van der Waals surface area (Å²) in [5.74, 6) is 1.67. The lowest BCUT2D eigenvalue weighted by molar-refractivity contribution is -0.142. The average Bonchev–Trinajstić information content (AvgIpc) is 2.66. The molecule has 7 heteroatoms. The van der Waals surface area contributed by atoms with Crippen molar-refractivity contribution in [2.75, 3.05) is 42.5 Å². The van der Waals surface area contributed by atoms with Gasteiger partial charge < -0.3 is 20.2 Å². The molecular weight excluding hydrogens is 330 g/mol. The summed E-state index contributed by atoms with van der Waals surface area (Å²) in [7, 11) is 0. The van der Waals surface area contributed by atoms with Crippen LogP contribution in [0.5, 0.6) is 0 Å². The second-order valence-electron chi connectivity index (χ2n) is 7.96. The van der Waals surface area contributed by atoms with E-state index in [2.05, 4.69) is 20.1 Å². The number of aryl methyl sites for hydroxylation is 1. The number of hydrogen-bond acceptors (Lipinski definition) is 6. The van der Waals surface area contributed by atoms with Crippen LogP contribution in [0.15, 0.2) is 6.07 Å². The Balaban J connectivity index is 1.60. The molecule has 0 saturated carbocycles. The first-order chi connectivity index (χ1) is 12.6. The highest BCUT2D eigenvalue weighted by molar-refractivity contribution is 5.85. The van der Waals surface area contributed by atoms with E-state index in [9.17, 15) is 9.90 Å². The van der Waals surface area contributed by atoms with Crippen LogP contribution in [0.3, 0.4) is 0 Å². The van der Waals surface area contributed by atoms with Gasteiger partial charge in [0.15, 0.2) is 0 Å². The maximum Gasteiger partial charge on any atom is 0.230 e. The molecule has 2 N–H and O–H groups in total. The molecule has 0 bridgehead atoms. The molecule has 0 radical (unpaired) electrons. The van der Waals surface area contributed by atoms with Gasteiger partial charge in [-0.3, -0.25) is 4.79 Å². The SMILES string of the molecule is Cc1cc(N2CC[C@H](O)[C@@]3(CCCNC3=O)C2)nc(N2CCCCC2)n1. The molecule has 1 spiro atoms. The number of amides is 1. The van der Waals surface area contributed by atoms with Crippen molar-refractivity contribution in [2.45, 2.75) is 51.6 Å². The van der Waals surface area contributed by atoms with Gasteiger partial charge in [0.1, 0.15) is 5.82 Å². The minimum absolute atomic E-state index is 0.0111. The number of aliphatic hydroxyl groups is 1. The van der Waals surface area contributed by atoms with Crippen LogP contribution >= 0.6 is 0 Å². The summed E-state index contributed by atoms with van der Waals surface area (Å²) >= 11 is 0. The third kappa shape index (κ3) is 3.13. The van der Waals surface area contributed by atoms with E-state index in [1.807, 2.05) is 13.0 Å². The monoisotopic (exact) mass is 359 g/mol. The van der Waals surface area contributed by atoms with Gasteiger partial charge >= 0.3 is 0 Å². The van der Waals surface area contributed by atoms with Gasteiger partial charge in [-0.05, 0) is 45.4 Å². The normalized spacial score (nSPS) is 29.8. The van der Waals surface area contributed by atoms with Gasteiger partial charge in [-0.15, -0.1) is 0 Å². The Kier molecular flexibility index (Phi) is 4.73. The zero-order valence-electron chi connectivity index (χ0n) is 15.6. The van der Waals surface area contributed by atoms with Crippen LogP contribution in [0.1, 0.15) is 44.2 Å². The Morgan fingerprint density at radius 2 is 1.96 bits per heavy atom. The van der Waals surface area contributed by atoms with Crippen molar-refractivity contribution in [1.82, 2.24) is 15.3 Å². The number of anilines is 2. The van der Waals surface area contributed by atoms with Gasteiger partial charge in [0.2, 0.25) is 11.9 Å². The average molecular weight is 359 g/mol. The molecule has 3 saturated heterocycles. The zero-order chi connectivity index (χ0) is 18.1. The first-order valence-electron chi connectivity index (χ1n) is 9.90. The molecule has 1 aromatic rings. The number of carbonyl (C=O) groups excluding carboxylic acids is 1. The minimum atomic E-state index is -0.708. The quantitative estimate of drug-likeness (QED) is 0.827. The molecule has 0 aromatic carbocycles. The fourth-order valence-corrected chi connectivity index (χ4v) is 4.57. The summed E-state index contributed by atoms with van der Waals surface area (Å²) in [5, 5.41) is 13.6. The molecule has 1 aromatic heterocycles. The molecule has 0 unspecified atom stereocenters. The predicted molar refractivity (Wildman–Crippen MR) is 100 cm³/mol. The minimum Gasteiger partial charge on any atom is -0.392 e. The second-order valence-corrected chi connectivity index (χ2v) is 7.96. The van der Waals surface area contributed by atoms with Gasteiger partial charge in [-0.2, -0.15) is 4.98 Å². The highest BCUT2D eigenvalue weighted by Gasteiger charge is 2.50. The number of aliphatic hydroxyl groups excluding tert-OH is 1. The number of hydrogen-bond donors (Lipinski definition) is 2. The summed E-state index contributed by atoms with van der Waals surface area (Å²) in [6, 6.07) is 2.00. The Hall–Kier alpha value is -1.89. The first-order valence-corrected chi connectivity index (χ1v) is 9.90. The van der Waals surface area contributed by atoms with E-state index < -0.39 is 11.5 Å². The van der Waals surface area contributed by atoms with Crippen molar-refractivity contribution in [3.8, 4) is 0 Å². The fraction of sp³-hybridized carbons (Fsp3) is 0.737. The van der Waals surface area contributed by atoms with Crippen LogP contribution in [0.2, 0.25) is 0 Å². The molecule has 3 fully saturated rings. The summed E-state index contributed by atoms with van der Waals surface area (Å²) < 4.78 is 0. The maximum absolute atomic E-state index is 12.6. The molecule has 26 heavy (non-hydrogen) atoms. The van der Waals surface area contributed by atoms with E-state index in [1.54, 1.807) is 0 Å². The van der Waals surface area contributed by atoms with Crippen LogP contribution in [-0.4, -0.2) is 59.8 Å². The number of rotatable bonds is 2. The van der Waals surface area contributed by atoms with Gasteiger partial charge in [0.25, 0.3) is 0 Å². The first kappa shape index (κ1) is 17.5. The van der Waals surface area contributed by atoms with Crippen LogP contribution < -0.4 is 15.1 Å². The highest BCUT2D eigenvalue weighted by atomic mass is 16.3. The van der Waals surface area contributed by atoms with Crippen LogP contribution in [0.4, 0.5) is 11.8 Å². The topological polar surface area (TPSA) is 81.6 Å². The summed E-state index contributed by atoms with van der Waals surface area (Å²) in [4.78, 5) is 26.5. The lowest BCUT2D eigenvalue weighted by atomic mass is 9.71. The third-order valence-corrected chi connectivity index (χ3v) is 6.11. The van der Waals surface area contributed by atoms with E-state index in [-0.39, 0.29) is 5.91 Å². The van der Waals surface area contributed by atoms with Crippen molar-refractivity contribution in [1.29, 1.82) is 0 Å². The molecule has 142 valence electrons. The Labute approximate surface area is 154 Å². The number of carbonyl (C=O) groups is 1. The van der Waals surface area contributed by atoms with E-state index in [0.717, 1.165) is 43.4 Å². The molecule has 3 aliphatic heterocycles. The predicted octanol–water partition coefficient (Wildman–Crippen LogP) is 1.24. The van der Waals surface area contributed by atoms with E-state index in [4.69, 9.17) is 4.98 Å². The van der Waals surface area contributed by atoms with Crippen molar-refractivity contribution < 1.29 is 9.90 Å². The molecule has 0 aliphatic carbocycles. The van der Waals surface area contributed by atoms with Crippen molar-refractivity contribution in [3.05, 3.63) is 11.8 Å². The van der Waals surface area contributed by atoms with Crippen LogP contribution in [-0.2, 0) is 4.79 Å². The van der Waals surface area contributed by atoms with Gasteiger partial charge in [0, 0.05) is 44.5 Å². The van der Waals surface area contributed by atoms with Crippen molar-refractivity contribution in [3.63, 3.8) is 0 Å². The highest BCUT2D eigenvalue weighted by Crippen LogP contribution is 2.38. The smallest absolute Gasteiger partial charge is 0.230 e. The fourth-order valence-electron chi connectivity index (χ4n) is 4.57. The van der Waals surface area contributed by atoms with Gasteiger partial charge in [0.05, 0.1) is 11.5 Å². The summed E-state index contributed by atoms with van der Waals surface area (Å²) in [6.07, 6.45) is 5.31. The van der Waals surface area contributed by atoms with Gasteiger partial charge in [-0.1, -0.05) is 0 Å². The van der Waals surface area contributed by atoms with E-state index >= 15 is 0 Å². The van der Waals surface area contributed by atoms with Gasteiger partial charge in [-0.25, -0.2) is 4.98 Å². The Morgan fingerprint density at radius 1 is 1.15 bits per heavy atom. The van der Waals surface area contributed by atoms with Crippen LogP contribution in [0.25, 0.3) is 0 Å². The number of nitrogens with zero attached hydrogens (tertiary/aromatic N) is 4. The zero-order valence-corrected chi connectivity index (χ0v) is 15.6. The van der Waals surface area contributed by atoms with E-state index in [0.29, 0.717) is 26.1 Å². The Bertz CT molecular complexity index is 676. The number of piperidine rings is 3. The summed E-state index contributed by atoms with van der Waals surface area (Å²) in [5.41, 5.74) is 0.240. The van der Waals surface area contributed by atoms with Crippen molar-refractivity contribution in [2.24, 2.45) is 5.41 Å².